The van der Waals surface area contributed by atoms with Crippen LogP contribution >= 0.6 is 11.3 Å². The molecule has 2 heterocycles. The number of phenols is 1. The van der Waals surface area contributed by atoms with Gasteiger partial charge in [-0.2, -0.15) is 0 Å². The number of amides is 1. The summed E-state index contributed by atoms with van der Waals surface area (Å²) in [5, 5.41) is 15.7. The van der Waals surface area contributed by atoms with Gasteiger partial charge in [-0.05, 0) is 30.5 Å². The van der Waals surface area contributed by atoms with Crippen LogP contribution in [0.25, 0.3) is 22.2 Å². The molecule has 0 atom stereocenters. The van der Waals surface area contributed by atoms with E-state index in [1.165, 1.54) is 30.7 Å². The predicted octanol–water partition coefficient (Wildman–Crippen LogP) is 4.70. The van der Waals surface area contributed by atoms with Gasteiger partial charge in [0.05, 0.1) is 11.3 Å². The van der Waals surface area contributed by atoms with Gasteiger partial charge in [0.25, 0.3) is 0 Å². The Morgan fingerprint density at radius 3 is 2.81 bits per heavy atom. The van der Waals surface area contributed by atoms with E-state index in [9.17, 15) is 14.7 Å². The minimum atomic E-state index is -0.530. The second-order valence-corrected chi connectivity index (χ2v) is 7.35. The van der Waals surface area contributed by atoms with E-state index in [0.29, 0.717) is 22.0 Å². The molecule has 0 aliphatic carbocycles. The maximum atomic E-state index is 12.3. The van der Waals surface area contributed by atoms with Crippen LogP contribution in [0.15, 0.2) is 32.8 Å². The lowest BCUT2D eigenvalue weighted by atomic mass is 10.0. The monoisotopic (exact) mass is 386 g/mol. The first kappa shape index (κ1) is 19.1. The summed E-state index contributed by atoms with van der Waals surface area (Å²) in [5.41, 5.74) is 1.44. The van der Waals surface area contributed by atoms with Crippen LogP contribution in [0.3, 0.4) is 0 Å². The molecule has 1 amide bonds. The van der Waals surface area contributed by atoms with Crippen molar-refractivity contribution in [3.8, 4) is 17.0 Å². The Morgan fingerprint density at radius 1 is 1.26 bits per heavy atom. The van der Waals surface area contributed by atoms with Crippen molar-refractivity contribution in [3.05, 3.63) is 39.6 Å². The molecule has 3 rings (SSSR count). The van der Waals surface area contributed by atoms with Crippen molar-refractivity contribution >= 4 is 33.3 Å². The van der Waals surface area contributed by atoms with Crippen LogP contribution in [0, 0.1) is 0 Å². The van der Waals surface area contributed by atoms with Crippen LogP contribution in [0.4, 0.5) is 5.13 Å². The molecule has 0 radical (unpaired) electrons. The van der Waals surface area contributed by atoms with Gasteiger partial charge in [-0.1, -0.05) is 26.2 Å². The summed E-state index contributed by atoms with van der Waals surface area (Å²) < 4.78 is 5.38. The largest absolute Gasteiger partial charge is 0.508 e. The van der Waals surface area contributed by atoms with E-state index < -0.39 is 5.63 Å². The summed E-state index contributed by atoms with van der Waals surface area (Å²) in [6, 6.07) is 5.09. The van der Waals surface area contributed by atoms with Gasteiger partial charge in [0.2, 0.25) is 5.91 Å². The molecule has 0 saturated heterocycles. The van der Waals surface area contributed by atoms with Crippen molar-refractivity contribution in [3.63, 3.8) is 0 Å². The maximum absolute atomic E-state index is 12.3. The van der Waals surface area contributed by atoms with Gasteiger partial charge < -0.3 is 14.8 Å². The van der Waals surface area contributed by atoms with Crippen molar-refractivity contribution in [1.29, 1.82) is 0 Å². The Morgan fingerprint density at radius 2 is 2.07 bits per heavy atom. The molecule has 0 spiro atoms. The highest BCUT2D eigenvalue weighted by molar-refractivity contribution is 7.14. The van der Waals surface area contributed by atoms with E-state index in [4.69, 9.17) is 4.42 Å². The highest BCUT2D eigenvalue weighted by atomic mass is 32.1. The minimum Gasteiger partial charge on any atom is -0.508 e. The maximum Gasteiger partial charge on any atom is 0.345 e. The molecule has 6 nitrogen and oxygen atoms in total. The molecule has 7 heteroatoms. The van der Waals surface area contributed by atoms with E-state index >= 15 is 0 Å². The number of carbonyl (C=O) groups excluding carboxylic acids is 1. The zero-order valence-electron chi connectivity index (χ0n) is 15.4. The fraction of sp³-hybridized carbons (Fsp3) is 0.350. The Labute approximate surface area is 160 Å². The number of hydrogen-bond acceptors (Lipinski definition) is 6. The predicted molar refractivity (Wildman–Crippen MR) is 107 cm³/mol. The molecule has 2 N–H and O–H groups in total. The molecule has 3 aromatic rings. The van der Waals surface area contributed by atoms with Crippen LogP contribution in [-0.4, -0.2) is 16.0 Å². The average Bonchev–Trinajstić information content (AvgIpc) is 3.06. The average molecular weight is 386 g/mol. The zero-order chi connectivity index (χ0) is 19.4. The topological polar surface area (TPSA) is 92.4 Å². The van der Waals surface area contributed by atoms with E-state index in [-0.39, 0.29) is 11.7 Å². The van der Waals surface area contributed by atoms with E-state index in [1.54, 1.807) is 11.4 Å². The molecule has 2 aromatic heterocycles. The standard InChI is InChI=1S/C20H22N2O4S/c1-3-4-5-6-7-13-8-14-9-15(19(25)26-18(14)10-17(13)24)16-11-27-20(22-16)21-12(2)23/h8-11,24H,3-7H2,1-2H3,(H,21,22,23). The number of rotatable bonds is 7. The number of nitrogens with zero attached hydrogens (tertiary/aromatic N) is 1. The highest BCUT2D eigenvalue weighted by Gasteiger charge is 2.14. The van der Waals surface area contributed by atoms with Crippen molar-refractivity contribution < 1.29 is 14.3 Å². The Balaban J connectivity index is 1.94. The summed E-state index contributed by atoms with van der Waals surface area (Å²) >= 11 is 1.24. The zero-order valence-corrected chi connectivity index (χ0v) is 16.2. The van der Waals surface area contributed by atoms with Crippen molar-refractivity contribution in [2.75, 3.05) is 5.32 Å². The number of thiazole rings is 1. The van der Waals surface area contributed by atoms with E-state index in [2.05, 4.69) is 17.2 Å². The number of aromatic hydroxyl groups is 1. The summed E-state index contributed by atoms with van der Waals surface area (Å²) in [7, 11) is 0. The quantitative estimate of drug-likeness (QED) is 0.453. The molecule has 0 bridgehead atoms. The fourth-order valence-corrected chi connectivity index (χ4v) is 3.69. The van der Waals surface area contributed by atoms with Gasteiger partial charge in [-0.25, -0.2) is 9.78 Å². The highest BCUT2D eigenvalue weighted by Crippen LogP contribution is 2.29. The van der Waals surface area contributed by atoms with Crippen LogP contribution < -0.4 is 10.9 Å². The normalized spacial score (nSPS) is 11.0. The van der Waals surface area contributed by atoms with Crippen molar-refractivity contribution in [2.45, 2.75) is 46.0 Å². The summed E-state index contributed by atoms with van der Waals surface area (Å²) in [5.74, 6) is -0.0684. The van der Waals surface area contributed by atoms with Gasteiger partial charge in [-0.3, -0.25) is 4.79 Å². The van der Waals surface area contributed by atoms with E-state index in [1.807, 2.05) is 6.07 Å². The fourth-order valence-electron chi connectivity index (χ4n) is 2.93. The third kappa shape index (κ3) is 4.54. The van der Waals surface area contributed by atoms with Crippen molar-refractivity contribution in [1.82, 2.24) is 4.98 Å². The first-order valence-corrected chi connectivity index (χ1v) is 9.89. The molecule has 0 saturated carbocycles. The molecule has 0 aliphatic rings. The molecule has 142 valence electrons. The van der Waals surface area contributed by atoms with Crippen molar-refractivity contribution in [2.24, 2.45) is 0 Å². The third-order valence-electron chi connectivity index (χ3n) is 4.30. The second kappa shape index (κ2) is 8.35. The van der Waals surface area contributed by atoms with Crippen LogP contribution in [-0.2, 0) is 11.2 Å². The summed E-state index contributed by atoms with van der Waals surface area (Å²) in [6.07, 6.45) is 5.23. The summed E-state index contributed by atoms with van der Waals surface area (Å²) in [4.78, 5) is 27.8. The first-order valence-electron chi connectivity index (χ1n) is 9.01. The molecule has 0 unspecified atom stereocenters. The minimum absolute atomic E-state index is 0.150. The van der Waals surface area contributed by atoms with Crippen LogP contribution in [0.2, 0.25) is 0 Å². The molecular weight excluding hydrogens is 364 g/mol. The number of nitrogens with one attached hydrogen (secondary N) is 1. The molecule has 1 aromatic carbocycles. The lowest BCUT2D eigenvalue weighted by molar-refractivity contribution is -0.114. The van der Waals surface area contributed by atoms with Gasteiger partial charge in [0.1, 0.15) is 11.3 Å². The third-order valence-corrected chi connectivity index (χ3v) is 5.05. The second-order valence-electron chi connectivity index (χ2n) is 6.50. The van der Waals surface area contributed by atoms with Crippen LogP contribution in [0.5, 0.6) is 5.75 Å². The number of benzene rings is 1. The molecular formula is C20H22N2O4S. The molecule has 0 fully saturated rings. The lowest BCUT2D eigenvalue weighted by Gasteiger charge is -2.07. The van der Waals surface area contributed by atoms with Gasteiger partial charge in [0, 0.05) is 23.8 Å². The number of anilines is 1. The van der Waals surface area contributed by atoms with Gasteiger partial charge in [-0.15, -0.1) is 11.3 Å². The SMILES string of the molecule is CCCCCCc1cc2cc(-c3csc(NC(C)=O)n3)c(=O)oc2cc1O. The Kier molecular flexibility index (Phi) is 5.91. The smallest absolute Gasteiger partial charge is 0.345 e. The van der Waals surface area contributed by atoms with Gasteiger partial charge in [0.15, 0.2) is 5.13 Å². The molecule has 0 aliphatic heterocycles. The lowest BCUT2D eigenvalue weighted by Crippen LogP contribution is -2.06. The molecule has 27 heavy (non-hydrogen) atoms. The number of aryl methyl sites for hydroxylation is 1. The van der Waals surface area contributed by atoms with Crippen LogP contribution in [0.1, 0.15) is 45.1 Å². The van der Waals surface area contributed by atoms with Gasteiger partial charge >= 0.3 is 5.63 Å². The summed E-state index contributed by atoms with van der Waals surface area (Å²) in [6.45, 7) is 3.56. The van der Waals surface area contributed by atoms with E-state index in [0.717, 1.165) is 36.6 Å². The number of fused-ring (bicyclic) bond motifs is 1. The number of carbonyl (C=O) groups is 1. The Bertz CT molecular complexity index is 1020. The number of hydrogen-bond donors (Lipinski definition) is 2. The number of phenolic OH excluding ortho intramolecular Hbond substituents is 1. The number of unbranched alkanes of at least 4 members (excludes halogenated alkanes) is 3. The number of aromatic nitrogens is 1. The Hall–Kier alpha value is -2.67. The first-order chi connectivity index (χ1) is 13.0.